The molecule has 37 heavy (non-hydrogen) atoms. The summed E-state index contributed by atoms with van der Waals surface area (Å²) in [4.78, 5) is 12.8. The lowest BCUT2D eigenvalue weighted by atomic mass is 10.1. The minimum absolute atomic E-state index is 0.275. The fourth-order valence-corrected chi connectivity index (χ4v) is 5.05. The number of nitrogens with zero attached hydrogens (tertiary/aromatic N) is 4. The van der Waals surface area contributed by atoms with Crippen molar-refractivity contribution in [3.05, 3.63) is 99.1 Å². The van der Waals surface area contributed by atoms with Crippen molar-refractivity contribution >= 4 is 51.7 Å². The van der Waals surface area contributed by atoms with Gasteiger partial charge < -0.3 is 5.32 Å². The lowest BCUT2D eigenvalue weighted by Crippen LogP contribution is -2.28. The van der Waals surface area contributed by atoms with E-state index in [1.165, 1.54) is 27.5 Å². The van der Waals surface area contributed by atoms with Crippen molar-refractivity contribution in [3.8, 4) is 5.69 Å². The number of rotatable bonds is 9. The van der Waals surface area contributed by atoms with Gasteiger partial charge in [-0.15, -0.1) is 10.2 Å². The molecule has 0 fully saturated rings. The molecule has 1 amide bonds. The maximum absolute atomic E-state index is 13.2. The molecule has 0 spiro atoms. The molecule has 0 aliphatic rings. The van der Waals surface area contributed by atoms with Gasteiger partial charge in [0.2, 0.25) is 0 Å². The predicted molar refractivity (Wildman–Crippen MR) is 155 cm³/mol. The number of carbonyl (C=O) groups excluding carboxylic acids is 1. The number of aryl methyl sites for hydroxylation is 1. The van der Waals surface area contributed by atoms with E-state index in [1.807, 2.05) is 34.9 Å². The lowest BCUT2D eigenvalue weighted by molar-refractivity contribution is -0.120. The maximum atomic E-state index is 13.2. The minimum atomic E-state index is -0.490. The molecule has 2 N–H and O–H groups in total. The van der Waals surface area contributed by atoms with E-state index in [0.29, 0.717) is 17.4 Å². The third-order valence-electron chi connectivity index (χ3n) is 5.59. The normalized spacial score (nSPS) is 12.3. The highest BCUT2D eigenvalue weighted by molar-refractivity contribution is 14.1. The zero-order chi connectivity index (χ0) is 26.4. The van der Waals surface area contributed by atoms with E-state index in [-0.39, 0.29) is 11.7 Å². The molecule has 0 bridgehead atoms. The van der Waals surface area contributed by atoms with E-state index >= 15 is 0 Å². The number of amides is 1. The summed E-state index contributed by atoms with van der Waals surface area (Å²) in [6.45, 7) is 6.07. The van der Waals surface area contributed by atoms with E-state index < -0.39 is 5.25 Å². The van der Waals surface area contributed by atoms with Crippen LogP contribution in [-0.4, -0.2) is 31.6 Å². The molecule has 0 radical (unpaired) electrons. The zero-order valence-corrected chi connectivity index (χ0v) is 23.5. The Morgan fingerprint density at radius 2 is 1.84 bits per heavy atom. The molecular formula is C27H26FIN6OS. The monoisotopic (exact) mass is 628 g/mol. The summed E-state index contributed by atoms with van der Waals surface area (Å²) < 4.78 is 16.3. The first-order valence-electron chi connectivity index (χ1n) is 11.6. The molecule has 4 rings (SSSR count). The largest absolute Gasteiger partial charge is 0.378 e. The number of carbonyl (C=O) groups is 1. The summed E-state index contributed by atoms with van der Waals surface area (Å²) in [5.41, 5.74) is 6.99. The van der Waals surface area contributed by atoms with E-state index in [1.54, 1.807) is 26.0 Å². The number of anilines is 1. The van der Waals surface area contributed by atoms with Crippen LogP contribution >= 0.6 is 34.4 Å². The number of hydrogen-bond donors (Lipinski definition) is 2. The first kappa shape index (κ1) is 26.8. The quantitative estimate of drug-likeness (QED) is 0.104. The molecule has 0 aliphatic heterocycles. The zero-order valence-electron chi connectivity index (χ0n) is 20.6. The first-order chi connectivity index (χ1) is 17.8. The fraction of sp³-hybridized carbons (Fsp3) is 0.185. The van der Waals surface area contributed by atoms with Crippen LogP contribution in [0.25, 0.3) is 5.69 Å². The number of nitrogens with one attached hydrogen (secondary N) is 2. The van der Waals surface area contributed by atoms with Crippen molar-refractivity contribution in [3.63, 3.8) is 0 Å². The molecule has 4 aromatic rings. The summed E-state index contributed by atoms with van der Waals surface area (Å²) in [6.07, 6.45) is 0. The molecule has 3 aromatic carbocycles. The summed E-state index contributed by atoms with van der Waals surface area (Å²) in [7, 11) is 0. The van der Waals surface area contributed by atoms with Gasteiger partial charge in [0.05, 0.1) is 17.5 Å². The number of halogens is 2. The topological polar surface area (TPSA) is 84.2 Å². The third-order valence-corrected chi connectivity index (χ3v) is 7.30. The van der Waals surface area contributed by atoms with Crippen LogP contribution in [0.4, 0.5) is 10.1 Å². The van der Waals surface area contributed by atoms with Crippen LogP contribution in [0.15, 0.2) is 83.1 Å². The smallest absolute Gasteiger partial charge is 0.253 e. The van der Waals surface area contributed by atoms with E-state index in [4.69, 9.17) is 0 Å². The Morgan fingerprint density at radius 3 is 2.54 bits per heavy atom. The Kier molecular flexibility index (Phi) is 8.93. The highest BCUT2D eigenvalue weighted by Crippen LogP contribution is 2.27. The van der Waals surface area contributed by atoms with Crippen molar-refractivity contribution in [1.29, 1.82) is 0 Å². The molecule has 1 aromatic heterocycles. The molecule has 1 heterocycles. The van der Waals surface area contributed by atoms with Crippen molar-refractivity contribution in [1.82, 2.24) is 20.2 Å². The van der Waals surface area contributed by atoms with E-state index in [9.17, 15) is 9.18 Å². The second kappa shape index (κ2) is 12.3. The molecule has 0 aliphatic carbocycles. The Morgan fingerprint density at radius 1 is 1.11 bits per heavy atom. The molecule has 7 nitrogen and oxygen atoms in total. The number of aromatic nitrogens is 3. The van der Waals surface area contributed by atoms with Crippen LogP contribution in [0.5, 0.6) is 0 Å². The van der Waals surface area contributed by atoms with Crippen LogP contribution in [0.3, 0.4) is 0 Å². The van der Waals surface area contributed by atoms with Gasteiger partial charge in [0.1, 0.15) is 5.82 Å². The van der Waals surface area contributed by atoms with Crippen LogP contribution in [0.2, 0.25) is 0 Å². The molecule has 10 heteroatoms. The summed E-state index contributed by atoms with van der Waals surface area (Å²) in [6, 6.07) is 22.0. The van der Waals surface area contributed by atoms with Crippen molar-refractivity contribution in [2.24, 2.45) is 5.10 Å². The van der Waals surface area contributed by atoms with Gasteiger partial charge in [-0.2, -0.15) is 5.10 Å². The minimum Gasteiger partial charge on any atom is -0.378 e. The van der Waals surface area contributed by atoms with Crippen molar-refractivity contribution in [2.75, 3.05) is 5.32 Å². The van der Waals surface area contributed by atoms with Crippen molar-refractivity contribution in [2.45, 2.75) is 37.7 Å². The van der Waals surface area contributed by atoms with Gasteiger partial charge >= 0.3 is 0 Å². The fourth-order valence-electron chi connectivity index (χ4n) is 3.52. The molecular weight excluding hydrogens is 602 g/mol. The Balaban J connectivity index is 1.50. The highest BCUT2D eigenvalue weighted by Gasteiger charge is 2.21. The van der Waals surface area contributed by atoms with Crippen LogP contribution in [-0.2, 0) is 11.3 Å². The van der Waals surface area contributed by atoms with E-state index in [0.717, 1.165) is 28.3 Å². The number of thioether (sulfide) groups is 1. The summed E-state index contributed by atoms with van der Waals surface area (Å²) >= 11 is 3.60. The molecule has 0 unspecified atom stereocenters. The number of hydrogen-bond acceptors (Lipinski definition) is 6. The molecule has 0 saturated heterocycles. The van der Waals surface area contributed by atoms with Gasteiger partial charge in [-0.05, 0) is 97.0 Å². The second-order valence-corrected chi connectivity index (χ2v) is 10.9. The number of benzene rings is 3. The lowest BCUT2D eigenvalue weighted by Gasteiger charge is -2.14. The van der Waals surface area contributed by atoms with Crippen molar-refractivity contribution < 1.29 is 9.18 Å². The molecule has 0 saturated carbocycles. The van der Waals surface area contributed by atoms with Gasteiger partial charge in [0.25, 0.3) is 5.91 Å². The van der Waals surface area contributed by atoms with Crippen LogP contribution < -0.4 is 10.7 Å². The Labute approximate surface area is 233 Å². The van der Waals surface area contributed by atoms with Crippen LogP contribution in [0, 0.1) is 16.3 Å². The molecule has 1 atom stereocenters. The Hall–Kier alpha value is -3.25. The van der Waals surface area contributed by atoms with Gasteiger partial charge in [0, 0.05) is 14.9 Å². The average molecular weight is 629 g/mol. The predicted octanol–water partition coefficient (Wildman–Crippen LogP) is 5.95. The average Bonchev–Trinajstić information content (AvgIpc) is 3.29. The molecule has 190 valence electrons. The first-order valence-corrected chi connectivity index (χ1v) is 13.5. The third kappa shape index (κ3) is 6.95. The van der Waals surface area contributed by atoms with Gasteiger partial charge in [0.15, 0.2) is 11.0 Å². The second-order valence-electron chi connectivity index (χ2n) is 8.32. The van der Waals surface area contributed by atoms with E-state index in [2.05, 4.69) is 73.8 Å². The van der Waals surface area contributed by atoms with Gasteiger partial charge in [-0.3, -0.25) is 9.36 Å². The summed E-state index contributed by atoms with van der Waals surface area (Å²) in [5, 5.41) is 16.6. The maximum Gasteiger partial charge on any atom is 0.253 e. The standard InChI is InChI=1S/C27H26FIN6OS/c1-17-15-22(29)13-14-24(17)30-16-25-32-34-27(35(25)23-7-5-4-6-8-23)37-19(3)26(36)33-31-18(2)20-9-11-21(28)12-10-20/h4-15,19,30H,16H2,1-3H3,(H,33,36)/b31-18+/t19-/m0/s1. The highest BCUT2D eigenvalue weighted by atomic mass is 127. The van der Waals surface area contributed by atoms with Gasteiger partial charge in [-0.1, -0.05) is 42.1 Å². The summed E-state index contributed by atoms with van der Waals surface area (Å²) in [5.74, 6) is 0.129. The van der Waals surface area contributed by atoms with Gasteiger partial charge in [-0.25, -0.2) is 9.82 Å². The Bertz CT molecular complexity index is 1410. The SMILES string of the molecule is C/C(=N\NC(=O)[C@H](C)Sc1nnc(CNc2ccc(I)cc2C)n1-c1ccccc1)c1ccc(F)cc1. The number of para-hydroxylation sites is 1. The van der Waals surface area contributed by atoms with Crippen LogP contribution in [0.1, 0.15) is 30.8 Å². The number of hydrazone groups is 1.